The highest BCUT2D eigenvalue weighted by Gasteiger charge is 2.37. The number of halogens is 1. The summed E-state index contributed by atoms with van der Waals surface area (Å²) in [5, 5.41) is 2.43. The average molecular weight is 420 g/mol. The summed E-state index contributed by atoms with van der Waals surface area (Å²) in [5.41, 5.74) is 3.01. The summed E-state index contributed by atoms with van der Waals surface area (Å²) >= 11 is 0. The lowest BCUT2D eigenvalue weighted by Gasteiger charge is -2.36. The molecule has 1 atom stereocenters. The van der Waals surface area contributed by atoms with E-state index >= 15 is 0 Å². The zero-order valence-corrected chi connectivity index (χ0v) is 19.5. The van der Waals surface area contributed by atoms with Gasteiger partial charge in [-0.05, 0) is 47.3 Å². The van der Waals surface area contributed by atoms with Crippen molar-refractivity contribution in [3.05, 3.63) is 77.6 Å². The van der Waals surface area contributed by atoms with Crippen LogP contribution in [0.15, 0.2) is 60.8 Å². The first-order chi connectivity index (χ1) is 14.2. The van der Waals surface area contributed by atoms with Gasteiger partial charge in [0.1, 0.15) is 0 Å². The first kappa shape index (κ1) is 22.2. The fraction of sp³-hybridized carbons (Fsp3) is 0.346. The molecule has 0 aliphatic carbocycles. The first-order valence-electron chi connectivity index (χ1n) is 10.4. The summed E-state index contributed by atoms with van der Waals surface area (Å²) < 4.78 is 20.2. The van der Waals surface area contributed by atoms with Crippen LogP contribution in [0.4, 0.5) is 4.39 Å². The highest BCUT2D eigenvalue weighted by Crippen LogP contribution is 2.36. The van der Waals surface area contributed by atoms with Crippen LogP contribution in [0, 0.1) is 11.8 Å². The molecule has 156 valence electrons. The number of benzene rings is 2. The minimum atomic E-state index is -1.95. The van der Waals surface area contributed by atoms with Gasteiger partial charge in [0.25, 0.3) is 0 Å². The van der Waals surface area contributed by atoms with Crippen molar-refractivity contribution < 1.29 is 8.82 Å². The molecule has 1 aromatic heterocycles. The van der Waals surface area contributed by atoms with Crippen molar-refractivity contribution in [2.75, 3.05) is 6.61 Å². The molecule has 2 nitrogen and oxygen atoms in total. The molecule has 0 spiro atoms. The fourth-order valence-electron chi connectivity index (χ4n) is 2.92. The number of fused-ring (bicyclic) bond motifs is 1. The van der Waals surface area contributed by atoms with E-state index in [9.17, 15) is 4.39 Å². The summed E-state index contributed by atoms with van der Waals surface area (Å²) in [5.74, 6) is 5.62. The summed E-state index contributed by atoms with van der Waals surface area (Å²) in [6, 6.07) is 18.2. The van der Waals surface area contributed by atoms with Crippen molar-refractivity contribution in [2.45, 2.75) is 51.5 Å². The molecular formula is C26H30FNOSi. The molecule has 0 amide bonds. The smallest absolute Gasteiger partial charge is 0.192 e. The van der Waals surface area contributed by atoms with Gasteiger partial charge in [-0.2, -0.15) is 0 Å². The third-order valence-corrected chi connectivity index (χ3v) is 10.4. The van der Waals surface area contributed by atoms with E-state index in [2.05, 4.69) is 62.8 Å². The van der Waals surface area contributed by atoms with Crippen LogP contribution in [-0.2, 0) is 10.8 Å². The third-order valence-electron chi connectivity index (χ3n) is 5.85. The Labute approximate surface area is 180 Å². The topological polar surface area (TPSA) is 22.1 Å². The predicted molar refractivity (Wildman–Crippen MR) is 126 cm³/mol. The van der Waals surface area contributed by atoms with Crippen molar-refractivity contribution in [2.24, 2.45) is 0 Å². The molecule has 0 saturated carbocycles. The van der Waals surface area contributed by atoms with E-state index in [0.29, 0.717) is 0 Å². The van der Waals surface area contributed by atoms with E-state index in [1.807, 2.05) is 48.7 Å². The second-order valence-corrected chi connectivity index (χ2v) is 14.0. The molecule has 3 aromatic rings. The number of pyridine rings is 1. The minimum Gasteiger partial charge on any atom is -0.413 e. The molecule has 2 aromatic carbocycles. The monoisotopic (exact) mass is 419 g/mol. The number of hydrogen-bond donors (Lipinski definition) is 0. The molecule has 0 radical (unpaired) electrons. The van der Waals surface area contributed by atoms with Crippen LogP contribution in [0.25, 0.3) is 10.8 Å². The highest BCUT2D eigenvalue weighted by atomic mass is 28.4. The second-order valence-electron chi connectivity index (χ2n) is 9.16. The Morgan fingerprint density at radius 2 is 1.73 bits per heavy atom. The Kier molecular flexibility index (Phi) is 6.75. The van der Waals surface area contributed by atoms with Gasteiger partial charge in [-0.1, -0.05) is 69.0 Å². The van der Waals surface area contributed by atoms with Crippen LogP contribution in [0.3, 0.4) is 0 Å². The molecule has 3 rings (SSSR count). The van der Waals surface area contributed by atoms with Crippen molar-refractivity contribution >= 4 is 19.1 Å². The summed E-state index contributed by atoms with van der Waals surface area (Å²) in [4.78, 5) is 4.55. The van der Waals surface area contributed by atoms with Crippen LogP contribution >= 0.6 is 0 Å². The summed E-state index contributed by atoms with van der Waals surface area (Å²) in [6.07, 6.45) is 1.32. The number of hydrogen-bond acceptors (Lipinski definition) is 2. The van der Waals surface area contributed by atoms with Crippen LogP contribution in [-0.4, -0.2) is 26.1 Å². The first-order valence-corrected chi connectivity index (χ1v) is 13.3. The average Bonchev–Trinajstić information content (AvgIpc) is 2.71. The maximum Gasteiger partial charge on any atom is 0.192 e. The van der Waals surface area contributed by atoms with E-state index in [0.717, 1.165) is 23.2 Å². The van der Waals surface area contributed by atoms with Gasteiger partial charge in [0, 0.05) is 23.6 Å². The van der Waals surface area contributed by atoms with Crippen LogP contribution in [0.5, 0.6) is 0 Å². The van der Waals surface area contributed by atoms with Crippen LogP contribution in [0.1, 0.15) is 37.6 Å². The van der Waals surface area contributed by atoms with Gasteiger partial charge in [-0.3, -0.25) is 4.98 Å². The maximum atomic E-state index is 14.2. The van der Waals surface area contributed by atoms with Crippen molar-refractivity contribution in [1.82, 2.24) is 4.98 Å². The van der Waals surface area contributed by atoms with Gasteiger partial charge >= 0.3 is 0 Å². The van der Waals surface area contributed by atoms with Crippen molar-refractivity contribution in [1.29, 1.82) is 0 Å². The Morgan fingerprint density at radius 3 is 2.43 bits per heavy atom. The Bertz CT molecular complexity index is 1050. The van der Waals surface area contributed by atoms with Gasteiger partial charge in [-0.15, -0.1) is 0 Å². The fourth-order valence-corrected chi connectivity index (χ4v) is 3.92. The van der Waals surface area contributed by atoms with E-state index in [4.69, 9.17) is 4.43 Å². The quantitative estimate of drug-likeness (QED) is 0.346. The van der Waals surface area contributed by atoms with Gasteiger partial charge < -0.3 is 4.43 Å². The maximum absolute atomic E-state index is 14.2. The molecular weight excluding hydrogens is 389 g/mol. The standard InChI is InChI=1S/C26H30FNOSi/c1-26(2,3)30(4,5)29-19-23(27)15-14-20-10-12-21(13-11-20)18-25-24-9-7-6-8-22(24)16-17-28-25/h6-13,16-17,23H,18-19H2,1-5H3. The predicted octanol–water partition coefficient (Wildman–Crippen LogP) is 6.54. The molecule has 1 heterocycles. The second kappa shape index (κ2) is 9.12. The molecule has 1 unspecified atom stereocenters. The lowest BCUT2D eigenvalue weighted by atomic mass is 10.0. The zero-order chi connectivity index (χ0) is 21.8. The zero-order valence-electron chi connectivity index (χ0n) is 18.5. The Morgan fingerprint density at radius 1 is 1.03 bits per heavy atom. The lowest BCUT2D eigenvalue weighted by molar-refractivity contribution is 0.217. The molecule has 0 aliphatic heterocycles. The Balaban J connectivity index is 1.63. The molecule has 0 bridgehead atoms. The minimum absolute atomic E-state index is 0.0360. The van der Waals surface area contributed by atoms with E-state index in [1.54, 1.807) is 0 Å². The molecule has 4 heteroatoms. The van der Waals surface area contributed by atoms with Gasteiger partial charge in [0.15, 0.2) is 14.5 Å². The summed E-state index contributed by atoms with van der Waals surface area (Å²) in [6.45, 7) is 10.7. The highest BCUT2D eigenvalue weighted by molar-refractivity contribution is 6.74. The Hall–Kier alpha value is -2.48. The third kappa shape index (κ3) is 5.56. The van der Waals surface area contributed by atoms with Crippen molar-refractivity contribution in [3.63, 3.8) is 0 Å². The van der Waals surface area contributed by atoms with E-state index in [1.165, 1.54) is 10.8 Å². The number of nitrogens with zero attached hydrogens (tertiary/aromatic N) is 1. The number of aromatic nitrogens is 1. The number of alkyl halides is 1. The van der Waals surface area contributed by atoms with Gasteiger partial charge in [0.05, 0.1) is 12.3 Å². The van der Waals surface area contributed by atoms with Crippen LogP contribution < -0.4 is 0 Å². The molecule has 0 aliphatic rings. The number of rotatable bonds is 5. The molecule has 0 fully saturated rings. The van der Waals surface area contributed by atoms with Gasteiger partial charge in [0.2, 0.25) is 0 Å². The van der Waals surface area contributed by atoms with Gasteiger partial charge in [-0.25, -0.2) is 4.39 Å². The van der Waals surface area contributed by atoms with Crippen molar-refractivity contribution in [3.8, 4) is 11.8 Å². The normalized spacial score (nSPS) is 13.0. The van der Waals surface area contributed by atoms with E-state index < -0.39 is 14.5 Å². The van der Waals surface area contributed by atoms with E-state index in [-0.39, 0.29) is 11.6 Å². The molecule has 30 heavy (non-hydrogen) atoms. The lowest BCUT2D eigenvalue weighted by Crippen LogP contribution is -2.42. The largest absolute Gasteiger partial charge is 0.413 e. The van der Waals surface area contributed by atoms with Crippen LogP contribution in [0.2, 0.25) is 18.1 Å². The summed E-state index contributed by atoms with van der Waals surface area (Å²) in [7, 11) is -1.95. The molecule has 0 N–H and O–H groups in total. The SMILES string of the molecule is CC(C)(C)[Si](C)(C)OCC(F)C#Cc1ccc(Cc2nccc3ccccc23)cc1. The molecule has 0 saturated heterocycles.